The molecule has 0 saturated heterocycles. The van der Waals surface area contributed by atoms with Crippen LogP contribution in [-0.4, -0.2) is 37.2 Å². The van der Waals surface area contributed by atoms with E-state index in [-0.39, 0.29) is 17.6 Å². The van der Waals surface area contributed by atoms with E-state index in [2.05, 4.69) is 5.32 Å². The molecular weight excluding hydrogens is 424 g/mol. The van der Waals surface area contributed by atoms with Gasteiger partial charge in [-0.15, -0.1) is 11.8 Å². The third-order valence-electron chi connectivity index (χ3n) is 5.21. The molecule has 3 aromatic rings. The van der Waals surface area contributed by atoms with E-state index in [1.807, 2.05) is 41.3 Å². The lowest BCUT2D eigenvalue weighted by atomic mass is 10.1. The summed E-state index contributed by atoms with van der Waals surface area (Å²) in [4.78, 5) is 40.0. The van der Waals surface area contributed by atoms with E-state index >= 15 is 0 Å². The van der Waals surface area contributed by atoms with Crippen LogP contribution in [0.25, 0.3) is 0 Å². The molecule has 0 aromatic heterocycles. The minimum Gasteiger partial charge on any atom is -0.465 e. The van der Waals surface area contributed by atoms with Crippen molar-refractivity contribution in [3.63, 3.8) is 0 Å². The van der Waals surface area contributed by atoms with Crippen LogP contribution in [0.15, 0.2) is 77.7 Å². The first-order valence-corrected chi connectivity index (χ1v) is 11.1. The van der Waals surface area contributed by atoms with Crippen molar-refractivity contribution in [1.82, 2.24) is 0 Å². The zero-order chi connectivity index (χ0) is 22.5. The van der Waals surface area contributed by atoms with Gasteiger partial charge in [0, 0.05) is 22.8 Å². The number of para-hydroxylation sites is 1. The molecule has 6 nitrogen and oxygen atoms in total. The third-order valence-corrected chi connectivity index (χ3v) is 6.27. The molecule has 2 amide bonds. The van der Waals surface area contributed by atoms with E-state index in [0.29, 0.717) is 23.4 Å². The molecule has 162 valence electrons. The lowest BCUT2D eigenvalue weighted by Gasteiger charge is -2.17. The fourth-order valence-corrected chi connectivity index (χ4v) is 4.56. The highest BCUT2D eigenvalue weighted by atomic mass is 32.2. The number of anilines is 2. The van der Waals surface area contributed by atoms with Gasteiger partial charge in [-0.3, -0.25) is 9.59 Å². The number of fused-ring (bicyclic) bond motifs is 1. The summed E-state index contributed by atoms with van der Waals surface area (Å²) in [7, 11) is 1.31. The van der Waals surface area contributed by atoms with Gasteiger partial charge in [-0.2, -0.15) is 0 Å². The van der Waals surface area contributed by atoms with Crippen LogP contribution >= 0.6 is 11.8 Å². The third kappa shape index (κ3) is 4.68. The normalized spacial score (nSPS) is 12.2. The highest BCUT2D eigenvalue weighted by Gasteiger charge is 2.24. The van der Waals surface area contributed by atoms with Crippen molar-refractivity contribution in [1.29, 1.82) is 0 Å². The molecule has 0 unspecified atom stereocenters. The summed E-state index contributed by atoms with van der Waals surface area (Å²) < 4.78 is 4.73. The van der Waals surface area contributed by atoms with Gasteiger partial charge in [-0.05, 0) is 48.4 Å². The molecule has 0 atom stereocenters. The van der Waals surface area contributed by atoms with Crippen molar-refractivity contribution >= 4 is 40.9 Å². The van der Waals surface area contributed by atoms with Crippen LogP contribution in [0.2, 0.25) is 0 Å². The summed E-state index contributed by atoms with van der Waals surface area (Å²) in [6.45, 7) is 0.678. The number of thioether (sulfide) groups is 1. The Morgan fingerprint density at radius 1 is 1.00 bits per heavy atom. The summed E-state index contributed by atoms with van der Waals surface area (Å²) in [6.07, 6.45) is 0.857. The lowest BCUT2D eigenvalue weighted by molar-refractivity contribution is -0.116. The van der Waals surface area contributed by atoms with Crippen molar-refractivity contribution in [3.8, 4) is 0 Å². The van der Waals surface area contributed by atoms with Crippen molar-refractivity contribution in [3.05, 3.63) is 89.5 Å². The van der Waals surface area contributed by atoms with Crippen molar-refractivity contribution in [2.75, 3.05) is 29.6 Å². The quantitative estimate of drug-likeness (QED) is 0.449. The Morgan fingerprint density at radius 2 is 1.78 bits per heavy atom. The summed E-state index contributed by atoms with van der Waals surface area (Å²) in [5.74, 6) is -0.537. The minimum atomic E-state index is -0.473. The van der Waals surface area contributed by atoms with Gasteiger partial charge in [-0.1, -0.05) is 36.4 Å². The molecule has 0 radical (unpaired) electrons. The van der Waals surface area contributed by atoms with E-state index < -0.39 is 5.97 Å². The van der Waals surface area contributed by atoms with Gasteiger partial charge in [0.15, 0.2) is 0 Å². The van der Waals surface area contributed by atoms with E-state index in [0.717, 1.165) is 17.0 Å². The maximum atomic E-state index is 12.9. The fourth-order valence-electron chi connectivity index (χ4n) is 3.64. The molecule has 0 fully saturated rings. The molecule has 0 aliphatic carbocycles. The second-order valence-electron chi connectivity index (χ2n) is 7.24. The van der Waals surface area contributed by atoms with E-state index in [9.17, 15) is 14.4 Å². The van der Waals surface area contributed by atoms with Gasteiger partial charge in [0.05, 0.1) is 24.0 Å². The molecule has 0 saturated carbocycles. The maximum Gasteiger partial charge on any atom is 0.337 e. The number of carbonyl (C=O) groups excluding carboxylic acids is 3. The van der Waals surface area contributed by atoms with Crippen LogP contribution in [0.5, 0.6) is 0 Å². The first-order valence-electron chi connectivity index (χ1n) is 10.2. The molecule has 1 heterocycles. The fraction of sp³-hybridized carbons (Fsp3) is 0.160. The predicted octanol–water partition coefficient (Wildman–Crippen LogP) is 4.41. The summed E-state index contributed by atoms with van der Waals surface area (Å²) in [6, 6.07) is 21.7. The number of carbonyl (C=O) groups is 3. The van der Waals surface area contributed by atoms with Crippen molar-refractivity contribution < 1.29 is 19.1 Å². The van der Waals surface area contributed by atoms with Crippen LogP contribution in [0.3, 0.4) is 0 Å². The highest BCUT2D eigenvalue weighted by Crippen LogP contribution is 2.30. The Balaban J connectivity index is 1.45. The van der Waals surface area contributed by atoms with Crippen LogP contribution < -0.4 is 10.2 Å². The van der Waals surface area contributed by atoms with Crippen molar-refractivity contribution in [2.45, 2.75) is 11.3 Å². The number of hydrogen-bond donors (Lipinski definition) is 1. The molecule has 4 rings (SSSR count). The molecular formula is C25H22N2O4S. The molecule has 32 heavy (non-hydrogen) atoms. The van der Waals surface area contributed by atoms with Gasteiger partial charge < -0.3 is 15.0 Å². The zero-order valence-electron chi connectivity index (χ0n) is 17.5. The second-order valence-corrected chi connectivity index (χ2v) is 8.25. The highest BCUT2D eigenvalue weighted by molar-refractivity contribution is 8.00. The Morgan fingerprint density at radius 3 is 2.62 bits per heavy atom. The monoisotopic (exact) mass is 446 g/mol. The largest absolute Gasteiger partial charge is 0.465 e. The number of benzene rings is 3. The van der Waals surface area contributed by atoms with Crippen LogP contribution in [0.4, 0.5) is 11.4 Å². The second kappa shape index (κ2) is 9.70. The van der Waals surface area contributed by atoms with Crippen LogP contribution in [-0.2, 0) is 16.0 Å². The standard InChI is InChI=1S/C25H22N2O4S/c1-31-25(30)18-8-6-9-19(15-18)26-24(29)20-10-3-5-12-22(20)32-16-23(28)27-14-13-17-7-2-4-11-21(17)27/h2-12,15H,13-14,16H2,1H3,(H,26,29). The first kappa shape index (κ1) is 21.6. The molecule has 0 spiro atoms. The number of nitrogens with one attached hydrogen (secondary N) is 1. The Bertz CT molecular complexity index is 1180. The summed E-state index contributed by atoms with van der Waals surface area (Å²) in [5, 5.41) is 2.82. The number of hydrogen-bond acceptors (Lipinski definition) is 5. The van der Waals surface area contributed by atoms with Gasteiger partial charge in [0.25, 0.3) is 5.91 Å². The SMILES string of the molecule is COC(=O)c1cccc(NC(=O)c2ccccc2SCC(=O)N2CCc3ccccc32)c1. The molecule has 7 heteroatoms. The zero-order valence-corrected chi connectivity index (χ0v) is 18.4. The number of methoxy groups -OCH3 is 1. The van der Waals surface area contributed by atoms with Gasteiger partial charge in [0.2, 0.25) is 5.91 Å². The maximum absolute atomic E-state index is 12.9. The molecule has 1 N–H and O–H groups in total. The van der Waals surface area contributed by atoms with Gasteiger partial charge in [-0.25, -0.2) is 4.79 Å². The van der Waals surface area contributed by atoms with Crippen molar-refractivity contribution in [2.24, 2.45) is 0 Å². The molecule has 0 bridgehead atoms. The Labute approximate surface area is 190 Å². The number of ether oxygens (including phenoxy) is 1. The predicted molar refractivity (Wildman–Crippen MR) is 125 cm³/mol. The average molecular weight is 447 g/mol. The van der Waals surface area contributed by atoms with E-state index in [1.54, 1.807) is 36.4 Å². The summed E-state index contributed by atoms with van der Waals surface area (Å²) in [5.41, 5.74) is 3.46. The molecule has 1 aliphatic rings. The van der Waals surface area contributed by atoms with E-state index in [4.69, 9.17) is 4.74 Å². The first-order chi connectivity index (χ1) is 15.6. The van der Waals surface area contributed by atoms with Crippen LogP contribution in [0.1, 0.15) is 26.3 Å². The Kier molecular flexibility index (Phi) is 6.56. The Hall–Kier alpha value is -3.58. The van der Waals surface area contributed by atoms with Gasteiger partial charge >= 0.3 is 5.97 Å². The number of rotatable bonds is 6. The minimum absolute atomic E-state index is 0.0148. The lowest BCUT2D eigenvalue weighted by Crippen LogP contribution is -2.30. The number of esters is 1. The van der Waals surface area contributed by atoms with E-state index in [1.165, 1.54) is 24.4 Å². The smallest absolute Gasteiger partial charge is 0.337 e. The molecule has 3 aromatic carbocycles. The average Bonchev–Trinajstić information content (AvgIpc) is 3.26. The summed E-state index contributed by atoms with van der Waals surface area (Å²) >= 11 is 1.34. The van der Waals surface area contributed by atoms with Gasteiger partial charge in [0.1, 0.15) is 0 Å². The van der Waals surface area contributed by atoms with Crippen LogP contribution in [0, 0.1) is 0 Å². The molecule has 1 aliphatic heterocycles. The topological polar surface area (TPSA) is 75.7 Å². The number of amides is 2. The number of nitrogens with zero attached hydrogens (tertiary/aromatic N) is 1.